The van der Waals surface area contributed by atoms with Crippen LogP contribution in [-0.2, 0) is 13.5 Å². The van der Waals surface area contributed by atoms with E-state index in [2.05, 4.69) is 4.33 Å². The number of rotatable bonds is 1. The minimum absolute atomic E-state index is 0.912. The molecule has 0 aliphatic carbocycles. The fourth-order valence-electron chi connectivity index (χ4n) is 0. The Labute approximate surface area is 82.8 Å². The van der Waals surface area contributed by atoms with Gasteiger partial charge in [0.1, 0.15) is 0 Å². The number of phosphoric acid groups is 2. The lowest BCUT2D eigenvalue weighted by Gasteiger charge is -1.82. The molecule has 0 amide bonds. The molecule has 0 aromatic carbocycles. The van der Waals surface area contributed by atoms with E-state index in [1.165, 1.54) is 0 Å². The Morgan fingerprint density at radius 2 is 1.00 bits per heavy atom. The number of hydrogen-bond donors (Lipinski definition) is 7. The Morgan fingerprint density at radius 1 is 0.929 bits per heavy atom. The fraction of sp³-hybridized carbons (Fsp3) is 1.00. The van der Waals surface area contributed by atoms with E-state index in [1.54, 1.807) is 6.26 Å². The van der Waals surface area contributed by atoms with Crippen LogP contribution in [0.1, 0.15) is 0 Å². The topological polar surface area (TPSA) is 185 Å². The van der Waals surface area contributed by atoms with Crippen LogP contribution in [-0.4, -0.2) is 40.9 Å². The zero-order valence-electron chi connectivity index (χ0n) is 6.66. The third kappa shape index (κ3) is 743. The molecule has 0 bridgehead atoms. The van der Waals surface area contributed by atoms with Crippen molar-refractivity contribution >= 4 is 27.7 Å². The van der Waals surface area contributed by atoms with Gasteiger partial charge < -0.3 is 29.4 Å². The Balaban J connectivity index is -0.000000131. The van der Waals surface area contributed by atoms with E-state index in [0.717, 1.165) is 12.0 Å². The summed E-state index contributed by atoms with van der Waals surface area (Å²) < 4.78 is 21.2. The Bertz CT molecular complexity index is 152. The third-order valence-electron chi connectivity index (χ3n) is 0.0745. The van der Waals surface area contributed by atoms with Crippen LogP contribution in [0.2, 0.25) is 0 Å². The molecular formula is CH10O10P2S. The lowest BCUT2D eigenvalue weighted by Crippen LogP contribution is -1.66. The highest BCUT2D eigenvalue weighted by atomic mass is 32.2. The summed E-state index contributed by atoms with van der Waals surface area (Å²) in [5, 5.41) is 7.34. The van der Waals surface area contributed by atoms with Crippen molar-refractivity contribution in [3.63, 3.8) is 0 Å². The quantitative estimate of drug-likeness (QED) is 0.133. The highest BCUT2D eigenvalue weighted by molar-refractivity contribution is 7.93. The van der Waals surface area contributed by atoms with Crippen LogP contribution < -0.4 is 0 Å². The summed E-state index contributed by atoms with van der Waals surface area (Å²) in [6.07, 6.45) is 1.62. The summed E-state index contributed by atoms with van der Waals surface area (Å²) in [6.45, 7) is 0. The second-order valence-electron chi connectivity index (χ2n) is 1.27. The van der Waals surface area contributed by atoms with E-state index >= 15 is 0 Å². The lowest BCUT2D eigenvalue weighted by molar-refractivity contribution is -0.115. The summed E-state index contributed by atoms with van der Waals surface area (Å²) in [5.41, 5.74) is 0. The average molecular weight is 276 g/mol. The van der Waals surface area contributed by atoms with E-state index in [1.807, 2.05) is 0 Å². The molecule has 0 rings (SSSR count). The molecule has 0 aromatic rings. The molecule has 0 saturated carbocycles. The standard InChI is InChI=1S/CH4O2S.2H3O4P/c1-4-3-2;2*1-5(2,3)4/h2H,1H3;2*(H3,1,2,3,4). The molecule has 0 aromatic heterocycles. The highest BCUT2D eigenvalue weighted by Crippen LogP contribution is 2.26. The monoisotopic (exact) mass is 276 g/mol. The first-order valence-corrected chi connectivity index (χ1v) is 6.60. The van der Waals surface area contributed by atoms with Crippen molar-refractivity contribution in [2.24, 2.45) is 0 Å². The third-order valence-corrected chi connectivity index (χ3v) is 0.224. The molecule has 14 heavy (non-hydrogen) atoms. The van der Waals surface area contributed by atoms with Gasteiger partial charge in [0, 0.05) is 18.3 Å². The average Bonchev–Trinajstić information content (AvgIpc) is 1.79. The van der Waals surface area contributed by atoms with Crippen molar-refractivity contribution < 1.29 is 48.1 Å². The first-order chi connectivity index (χ1) is 5.91. The SMILES string of the molecule is CSOO.O=P(O)(O)O.O=P(O)(O)O. The fourth-order valence-corrected chi connectivity index (χ4v) is 0. The predicted molar refractivity (Wildman–Crippen MR) is 45.8 cm³/mol. The van der Waals surface area contributed by atoms with E-state index in [4.69, 9.17) is 43.7 Å². The van der Waals surface area contributed by atoms with Crippen molar-refractivity contribution in [2.75, 3.05) is 6.26 Å². The molecule has 0 atom stereocenters. The lowest BCUT2D eigenvalue weighted by atomic mass is 12.0. The number of hydrogen-bond acceptors (Lipinski definition) is 5. The smallest absolute Gasteiger partial charge is 0.303 e. The molecule has 0 saturated heterocycles. The van der Waals surface area contributed by atoms with E-state index < -0.39 is 15.6 Å². The van der Waals surface area contributed by atoms with Crippen molar-refractivity contribution in [3.8, 4) is 0 Å². The van der Waals surface area contributed by atoms with Gasteiger partial charge in [-0.2, -0.15) is 4.33 Å². The van der Waals surface area contributed by atoms with E-state index in [0.29, 0.717) is 0 Å². The van der Waals surface area contributed by atoms with Gasteiger partial charge >= 0.3 is 15.6 Å². The molecule has 0 aliphatic rings. The maximum Gasteiger partial charge on any atom is 0.466 e. The zero-order chi connectivity index (χ0) is 12.4. The van der Waals surface area contributed by atoms with E-state index in [9.17, 15) is 0 Å². The molecule has 13 heteroatoms. The van der Waals surface area contributed by atoms with Crippen molar-refractivity contribution in [3.05, 3.63) is 0 Å². The first kappa shape index (κ1) is 20.0. The Kier molecular flexibility index (Phi) is 14.3. The van der Waals surface area contributed by atoms with Crippen molar-refractivity contribution in [1.82, 2.24) is 0 Å². The molecular weight excluding hydrogens is 266 g/mol. The first-order valence-electron chi connectivity index (χ1n) is 2.32. The van der Waals surface area contributed by atoms with Crippen LogP contribution >= 0.6 is 27.7 Å². The molecule has 90 valence electrons. The summed E-state index contributed by atoms with van der Waals surface area (Å²) in [4.78, 5) is 43.1. The summed E-state index contributed by atoms with van der Waals surface area (Å²) in [5.74, 6) is 0. The zero-order valence-corrected chi connectivity index (χ0v) is 9.26. The molecule has 0 spiro atoms. The van der Waals surface area contributed by atoms with Crippen LogP contribution in [0.5, 0.6) is 0 Å². The molecule has 0 fully saturated rings. The van der Waals surface area contributed by atoms with Gasteiger partial charge in [0.25, 0.3) is 0 Å². The summed E-state index contributed by atoms with van der Waals surface area (Å²) in [7, 11) is -9.28. The van der Waals surface area contributed by atoms with Crippen LogP contribution in [0.15, 0.2) is 0 Å². The van der Waals surface area contributed by atoms with Gasteiger partial charge in [0.2, 0.25) is 0 Å². The maximum absolute atomic E-state index is 8.88. The van der Waals surface area contributed by atoms with Gasteiger partial charge in [-0.25, -0.2) is 14.4 Å². The van der Waals surface area contributed by atoms with E-state index in [-0.39, 0.29) is 0 Å². The van der Waals surface area contributed by atoms with Crippen LogP contribution in [0.3, 0.4) is 0 Å². The molecule has 0 aliphatic heterocycles. The summed E-state index contributed by atoms with van der Waals surface area (Å²) in [6, 6.07) is 0. The van der Waals surface area contributed by atoms with Crippen LogP contribution in [0.25, 0.3) is 0 Å². The maximum atomic E-state index is 8.88. The second-order valence-corrected chi connectivity index (χ2v) is 3.80. The molecule has 10 nitrogen and oxygen atoms in total. The molecule has 0 unspecified atom stereocenters. The van der Waals surface area contributed by atoms with Gasteiger partial charge in [0.05, 0.1) is 0 Å². The van der Waals surface area contributed by atoms with Crippen LogP contribution in [0, 0.1) is 0 Å². The van der Waals surface area contributed by atoms with Gasteiger partial charge in [0.15, 0.2) is 0 Å². The van der Waals surface area contributed by atoms with Crippen LogP contribution in [0.4, 0.5) is 0 Å². The Morgan fingerprint density at radius 3 is 1.00 bits per heavy atom. The minimum Gasteiger partial charge on any atom is -0.303 e. The predicted octanol–water partition coefficient (Wildman–Crippen LogP) is -1.10. The molecule has 0 heterocycles. The van der Waals surface area contributed by atoms with Gasteiger partial charge in [-0.3, -0.25) is 0 Å². The van der Waals surface area contributed by atoms with Crippen molar-refractivity contribution in [2.45, 2.75) is 0 Å². The normalized spacial score (nSPS) is 10.6. The largest absolute Gasteiger partial charge is 0.466 e. The Hall–Kier alpha value is 0.490. The minimum atomic E-state index is -4.64. The highest BCUT2D eigenvalue weighted by Gasteiger charge is 2.00. The summed E-state index contributed by atoms with van der Waals surface area (Å²) >= 11 is 0.912. The van der Waals surface area contributed by atoms with Gasteiger partial charge in [-0.1, -0.05) is 0 Å². The molecule has 0 radical (unpaired) electrons. The van der Waals surface area contributed by atoms with Gasteiger partial charge in [-0.05, 0) is 0 Å². The van der Waals surface area contributed by atoms with Crippen molar-refractivity contribution in [1.29, 1.82) is 0 Å². The molecule has 7 N–H and O–H groups in total. The second kappa shape index (κ2) is 10.0. The van der Waals surface area contributed by atoms with Gasteiger partial charge in [-0.15, -0.1) is 0 Å².